The van der Waals surface area contributed by atoms with E-state index in [0.29, 0.717) is 166 Å². The molecule has 136 heavy (non-hydrogen) atoms. The van der Waals surface area contributed by atoms with Crippen molar-refractivity contribution in [3.05, 3.63) is 253 Å². The Labute approximate surface area is 781 Å². The molecule has 12 heterocycles. The van der Waals surface area contributed by atoms with E-state index in [1.807, 2.05) is 176 Å². The molecular weight excluding hydrogens is 1730 g/mol. The highest BCUT2D eigenvalue weighted by atomic mass is 16.5. The van der Waals surface area contributed by atoms with Gasteiger partial charge in [-0.05, 0) is 155 Å². The van der Waals surface area contributed by atoms with Crippen LogP contribution >= 0.6 is 0 Å². The predicted octanol–water partition coefficient (Wildman–Crippen LogP) is 17.3. The molecule has 38 heteroatoms. The van der Waals surface area contributed by atoms with Crippen molar-refractivity contribution < 1.29 is 38.1 Å². The van der Waals surface area contributed by atoms with Crippen molar-refractivity contribution in [1.29, 1.82) is 5.26 Å². The fourth-order valence-corrected chi connectivity index (χ4v) is 14.8. The third-order valence-corrected chi connectivity index (χ3v) is 22.2. The molecule has 8 N–H and O–H groups in total. The van der Waals surface area contributed by atoms with Crippen LogP contribution < -0.4 is 61.5 Å². The molecule has 4 fully saturated rings. The first-order valence-corrected chi connectivity index (χ1v) is 43.8. The minimum atomic E-state index is 0.0242. The monoisotopic (exact) mass is 1820 g/mol. The number of methoxy groups -OCH3 is 4. The molecule has 16 aromatic rings. The van der Waals surface area contributed by atoms with Crippen molar-refractivity contribution in [2.24, 2.45) is 58.9 Å². The Morgan fingerprint density at radius 2 is 0.640 bits per heavy atom. The highest BCUT2D eigenvalue weighted by Crippen LogP contribution is 2.46. The second-order valence-electron chi connectivity index (χ2n) is 32.9. The summed E-state index contributed by atoms with van der Waals surface area (Å²) in [5.74, 6) is 9.76. The lowest BCUT2D eigenvalue weighted by atomic mass is 10.1. The third kappa shape index (κ3) is 21.7. The van der Waals surface area contributed by atoms with Crippen LogP contribution in [0.1, 0.15) is 110 Å². The molecule has 4 saturated carbocycles. The Kier molecular flexibility index (Phi) is 26.9. The van der Waals surface area contributed by atoms with Crippen LogP contribution in [0.4, 0.5) is 92.0 Å². The van der Waals surface area contributed by atoms with E-state index < -0.39 is 0 Å². The van der Waals surface area contributed by atoms with Gasteiger partial charge in [-0.25, -0.2) is 54.8 Å². The number of Topliss-reactive ketones (excluding diaryl/α,β-unsaturated/α-hetero) is 4. The molecule has 0 amide bonds. The number of anilines is 16. The number of benzene rings is 4. The molecular formula is C98H96N30O8. The number of hydrogen-bond donors (Lipinski definition) is 8. The molecule has 0 unspecified atom stereocenters. The minimum absolute atomic E-state index is 0.0242. The molecule has 20 rings (SSSR count). The Morgan fingerprint density at radius 1 is 0.316 bits per heavy atom. The summed E-state index contributed by atoms with van der Waals surface area (Å²) < 4.78 is 31.1. The summed E-state index contributed by atoms with van der Waals surface area (Å²) in [5, 5.41) is 57.3. The summed E-state index contributed by atoms with van der Waals surface area (Å²) in [7, 11) is 15.5. The first kappa shape index (κ1) is 90.4. The summed E-state index contributed by atoms with van der Waals surface area (Å²) in [6.07, 6.45) is 25.6. The van der Waals surface area contributed by atoms with Crippen molar-refractivity contribution in [1.82, 2.24) is 104 Å². The fourth-order valence-electron chi connectivity index (χ4n) is 14.8. The normalized spacial score (nSPS) is 12.9. The second kappa shape index (κ2) is 40.5. The number of aromatic nitrogens is 21. The van der Waals surface area contributed by atoms with Crippen molar-refractivity contribution in [2.45, 2.75) is 65.2 Å². The van der Waals surface area contributed by atoms with E-state index in [0.717, 1.165) is 84.7 Å². The Balaban J connectivity index is 0.000000126. The molecule has 0 bridgehead atoms. The van der Waals surface area contributed by atoms with E-state index in [1.165, 1.54) is 0 Å². The molecule has 0 atom stereocenters. The number of ketones is 4. The zero-order chi connectivity index (χ0) is 94.6. The average Bonchev–Trinajstić information content (AvgIpc) is 1.73. The first-order valence-electron chi connectivity index (χ1n) is 43.8. The molecule has 0 aliphatic heterocycles. The number of nitriles is 1. The summed E-state index contributed by atoms with van der Waals surface area (Å²) in [5.41, 5.74) is 12.8. The fraction of sp³-hybridized carbons (Fsp3) is 0.235. The maximum atomic E-state index is 13.0. The van der Waals surface area contributed by atoms with Gasteiger partial charge >= 0.3 is 0 Å². The number of rotatable bonds is 32. The van der Waals surface area contributed by atoms with Gasteiger partial charge in [0.05, 0.1) is 118 Å². The van der Waals surface area contributed by atoms with Gasteiger partial charge in [-0.15, -0.1) is 0 Å². The van der Waals surface area contributed by atoms with Crippen molar-refractivity contribution >= 4 is 115 Å². The van der Waals surface area contributed by atoms with Gasteiger partial charge in [-0.3, -0.25) is 42.6 Å². The molecule has 0 radical (unpaired) electrons. The molecule has 4 aliphatic rings. The largest absolute Gasteiger partial charge is 0.494 e. The third-order valence-electron chi connectivity index (χ3n) is 22.2. The summed E-state index contributed by atoms with van der Waals surface area (Å²) >= 11 is 0. The maximum Gasteiger partial charge on any atom is 0.184 e. The minimum Gasteiger partial charge on any atom is -0.494 e. The standard InChI is InChI=1S/C25H22N8O2.2C25H25N7O2.C23H24N8O2/c1-33-14-28-25(32-33)17-6-4-7-19(24(17)35-2)30-20-11-22(27-13-18(20)23(34)15-9-10-15)31-21-8-3-5-16(12-26)29-21;1-15-7-10-21(26-12-15)30-22-11-20(18(13-27-22)23(33)16-8-9-16)29-19-6-4-5-17(24(19)34-3)25-28-14-32(2)31-25;1-15-9-10-26-21(11-15)30-22-12-20(18(13-27-22)23(33)16-7-8-16)29-19-6-4-5-17(24(19)34-3)25-28-14-32(2)31-25;1-30-10-9-19(28-30)27-20-11-18(16(12-24-20)21(32)14-7-8-14)26-17-6-4-5-15(22(17)33-3)23-25-13-31(2)29-23/h3-8,11,13-15H,9-10H2,1-2H3,(H2,27,29,30,31);4-7,10-14,16H,8-9H2,1-3H3,(H2,26,27,29,30);4-6,9-14,16H,7-8H2,1-3H3,(H2,26,27,29,30);4-6,9-14H,7-8H2,1-3H3,(H2,24,26,27,28). The summed E-state index contributed by atoms with van der Waals surface area (Å²) in [6.45, 7) is 3.98. The Morgan fingerprint density at radius 3 is 0.934 bits per heavy atom. The maximum absolute atomic E-state index is 13.0. The molecule has 4 aliphatic carbocycles. The lowest BCUT2D eigenvalue weighted by molar-refractivity contribution is 0.0960. The number of pyridine rings is 7. The van der Waals surface area contributed by atoms with Gasteiger partial charge in [0.1, 0.15) is 77.8 Å². The average molecular weight is 1820 g/mol. The topological polar surface area (TPSA) is 456 Å². The zero-order valence-electron chi connectivity index (χ0n) is 76.3. The van der Waals surface area contributed by atoms with Crippen molar-refractivity contribution in [3.63, 3.8) is 0 Å². The van der Waals surface area contributed by atoms with Gasteiger partial charge in [0.15, 0.2) is 75.2 Å². The number of nitrogens with zero attached hydrogens (tertiary/aromatic N) is 22. The predicted molar refractivity (Wildman–Crippen MR) is 513 cm³/mol. The molecule has 4 aromatic carbocycles. The van der Waals surface area contributed by atoms with E-state index in [-0.39, 0.29) is 46.8 Å². The van der Waals surface area contributed by atoms with Crippen LogP contribution in [0.15, 0.2) is 214 Å². The van der Waals surface area contributed by atoms with E-state index in [1.54, 1.807) is 146 Å². The quantitative estimate of drug-likeness (QED) is 0.0182. The lowest BCUT2D eigenvalue weighted by Gasteiger charge is -2.17. The number of aryl methyl sites for hydroxylation is 7. The molecule has 38 nitrogen and oxygen atoms in total. The van der Waals surface area contributed by atoms with Gasteiger partial charge in [-0.1, -0.05) is 36.4 Å². The molecule has 12 aromatic heterocycles. The number of nitrogens with one attached hydrogen (secondary N) is 8. The number of hydrogen-bond acceptors (Lipinski definition) is 33. The molecule has 0 saturated heterocycles. The number of carbonyl (C=O) groups excluding carboxylic acids is 4. The highest BCUT2D eigenvalue weighted by molar-refractivity contribution is 6.08. The SMILES string of the molecule is COc1c(Nc2cc(Nc3cc(C)ccn3)ncc2C(=O)C2CC2)cccc1-c1ncn(C)n1.COc1c(Nc2cc(Nc3ccc(C)cn3)ncc2C(=O)C2CC2)cccc1-c1ncn(C)n1.COc1c(Nc2cc(Nc3cccc(C#N)n3)ncc2C(=O)C2CC2)cccc1-c1ncn(C)n1.COc1c(Nc2cc(Nc3ccn(C)n3)ncc2C(=O)C2CC2)cccc1-c1ncn(C)n1. The van der Waals surface area contributed by atoms with Gasteiger partial charge in [0.2, 0.25) is 0 Å². The van der Waals surface area contributed by atoms with Crippen LogP contribution in [0.25, 0.3) is 45.6 Å². The smallest absolute Gasteiger partial charge is 0.184 e. The van der Waals surface area contributed by atoms with Crippen LogP contribution in [-0.2, 0) is 35.2 Å². The van der Waals surface area contributed by atoms with E-state index >= 15 is 0 Å². The zero-order valence-corrected chi connectivity index (χ0v) is 76.3. The van der Waals surface area contributed by atoms with Crippen LogP contribution in [0, 0.1) is 48.9 Å². The molecule has 686 valence electrons. The number of ether oxygens (including phenoxy) is 4. The summed E-state index contributed by atoms with van der Waals surface area (Å²) in [4.78, 5) is 100. The van der Waals surface area contributed by atoms with Crippen LogP contribution in [0.5, 0.6) is 23.0 Å². The lowest BCUT2D eigenvalue weighted by Crippen LogP contribution is -2.09. The highest BCUT2D eigenvalue weighted by Gasteiger charge is 2.37. The number of para-hydroxylation sites is 4. The van der Waals surface area contributed by atoms with E-state index in [2.05, 4.69) is 123 Å². The van der Waals surface area contributed by atoms with Gasteiger partial charge in [0, 0.05) is 133 Å². The first-order chi connectivity index (χ1) is 66.1. The number of carbonyl (C=O) groups is 4. The van der Waals surface area contributed by atoms with Crippen LogP contribution in [0.2, 0.25) is 0 Å². The van der Waals surface area contributed by atoms with Crippen molar-refractivity contribution in [2.75, 3.05) is 71.0 Å². The van der Waals surface area contributed by atoms with Crippen LogP contribution in [0.3, 0.4) is 0 Å². The second-order valence-corrected chi connectivity index (χ2v) is 32.9. The Hall–Kier alpha value is -17.5. The Bertz CT molecular complexity index is 7160. The van der Waals surface area contributed by atoms with E-state index in [9.17, 15) is 19.2 Å². The van der Waals surface area contributed by atoms with Crippen LogP contribution in [-0.4, -0.2) is 155 Å². The van der Waals surface area contributed by atoms with Gasteiger partial charge < -0.3 is 61.5 Å². The van der Waals surface area contributed by atoms with E-state index in [4.69, 9.17) is 24.2 Å². The summed E-state index contributed by atoms with van der Waals surface area (Å²) in [6, 6.07) is 46.6. The van der Waals surface area contributed by atoms with Gasteiger partial charge in [-0.2, -0.15) is 30.8 Å². The van der Waals surface area contributed by atoms with Crippen molar-refractivity contribution in [3.8, 4) is 74.6 Å². The molecule has 0 spiro atoms. The van der Waals surface area contributed by atoms with Gasteiger partial charge in [0.25, 0.3) is 0 Å².